The molecule has 0 aliphatic heterocycles. The van der Waals surface area contributed by atoms with Gasteiger partial charge in [-0.3, -0.25) is 4.90 Å². The number of carbonyl (C=O) groups excluding carboxylic acids is 1. The lowest BCUT2D eigenvalue weighted by atomic mass is 10.0. The lowest BCUT2D eigenvalue weighted by molar-refractivity contribution is 0.0120. The van der Waals surface area contributed by atoms with Crippen molar-refractivity contribution in [3.63, 3.8) is 0 Å². The smallest absolute Gasteiger partial charge is 0.410 e. The highest BCUT2D eigenvalue weighted by atomic mass is 16.6. The fourth-order valence-corrected chi connectivity index (χ4v) is 8.27. The van der Waals surface area contributed by atoms with Gasteiger partial charge in [-0.1, -0.05) is 46.7 Å². The lowest BCUT2D eigenvalue weighted by Crippen LogP contribution is -2.40. The number of aliphatic hydroxyl groups excluding tert-OH is 2. The van der Waals surface area contributed by atoms with Gasteiger partial charge in [0.25, 0.3) is 11.8 Å². The van der Waals surface area contributed by atoms with E-state index in [0.717, 1.165) is 35.1 Å². The summed E-state index contributed by atoms with van der Waals surface area (Å²) < 4.78 is 43.6. The van der Waals surface area contributed by atoms with Crippen molar-refractivity contribution in [1.82, 2.24) is 30.5 Å². The normalized spacial score (nSPS) is 15.7. The number of nitrogens with zero attached hydrogens (tertiary/aromatic N) is 7. The summed E-state index contributed by atoms with van der Waals surface area (Å²) in [4.78, 5) is 30.7. The van der Waals surface area contributed by atoms with E-state index in [0.29, 0.717) is 59.6 Å². The molecule has 3 N–H and O–H groups in total. The summed E-state index contributed by atoms with van der Waals surface area (Å²) in [5.41, 5.74) is 7.17. The largest absolute Gasteiger partial charge is 0.502 e. The number of aromatic nitrogens is 4. The first-order valence-electron chi connectivity index (χ1n) is 23.1. The third-order valence-corrected chi connectivity index (χ3v) is 11.0. The minimum atomic E-state index is -1.18. The molecule has 348 valence electrons. The summed E-state index contributed by atoms with van der Waals surface area (Å²) in [5, 5.41) is 30.5. The summed E-state index contributed by atoms with van der Waals surface area (Å²) in [6.07, 6.45) is 0.444. The second kappa shape index (κ2) is 21.0. The number of hydrogen-bond acceptors (Lipinski definition) is 13. The predicted molar refractivity (Wildman–Crippen MR) is 252 cm³/mol. The van der Waals surface area contributed by atoms with Crippen LogP contribution in [0, 0.1) is 13.1 Å². The van der Waals surface area contributed by atoms with Gasteiger partial charge in [-0.15, -0.1) is 0 Å². The molecule has 0 unspecified atom stereocenters. The van der Waals surface area contributed by atoms with Crippen LogP contribution in [0.5, 0.6) is 11.5 Å². The fourth-order valence-electron chi connectivity index (χ4n) is 8.27. The molecule has 2 aliphatic rings. The molecule has 16 nitrogen and oxygen atoms in total. The minimum absolute atomic E-state index is 0.107. The van der Waals surface area contributed by atoms with Crippen LogP contribution in [0.25, 0.3) is 55.4 Å². The molecule has 0 spiro atoms. The molecule has 1 amide bonds. The summed E-state index contributed by atoms with van der Waals surface area (Å²) >= 11 is 0. The van der Waals surface area contributed by atoms with E-state index in [9.17, 15) is 9.90 Å². The first-order valence-corrected chi connectivity index (χ1v) is 22.1. The van der Waals surface area contributed by atoms with Crippen LogP contribution in [0.3, 0.4) is 0 Å². The number of ether oxygens (including phenoxy) is 3. The van der Waals surface area contributed by atoms with Gasteiger partial charge in [-0.2, -0.15) is 9.97 Å². The van der Waals surface area contributed by atoms with E-state index < -0.39 is 23.9 Å². The van der Waals surface area contributed by atoms with E-state index in [1.807, 2.05) is 51.1 Å². The van der Waals surface area contributed by atoms with Gasteiger partial charge in [-0.25, -0.2) is 14.5 Å². The topological polar surface area (TPSA) is 187 Å². The molecule has 2 heterocycles. The number of hydrogen-bond donors (Lipinski definition) is 3. The van der Waals surface area contributed by atoms with E-state index in [4.69, 9.17) is 44.2 Å². The molecule has 0 radical (unpaired) electrons. The van der Waals surface area contributed by atoms with Gasteiger partial charge in [0.15, 0.2) is 0 Å². The minimum Gasteiger partial charge on any atom is -0.502 e. The average molecular weight is 911 g/mol. The first kappa shape index (κ1) is 45.1. The Bertz CT molecular complexity index is 2880. The molecule has 16 heteroatoms. The van der Waals surface area contributed by atoms with Crippen molar-refractivity contribution < 1.29 is 41.0 Å². The van der Waals surface area contributed by atoms with Crippen LogP contribution < -0.4 is 14.8 Å². The van der Waals surface area contributed by atoms with Gasteiger partial charge in [0.2, 0.25) is 23.0 Å². The van der Waals surface area contributed by atoms with E-state index in [1.54, 1.807) is 69.0 Å². The average Bonchev–Trinajstić information content (AvgIpc) is 4.13. The van der Waals surface area contributed by atoms with Crippen molar-refractivity contribution in [2.24, 2.45) is 0 Å². The molecule has 2 aromatic heterocycles. The molecule has 2 atom stereocenters. The monoisotopic (exact) mass is 910 g/mol. The second-order valence-corrected chi connectivity index (χ2v) is 17.4. The van der Waals surface area contributed by atoms with Crippen LogP contribution in [0.2, 0.25) is 0 Å². The van der Waals surface area contributed by atoms with Gasteiger partial charge in [0.1, 0.15) is 17.1 Å². The van der Waals surface area contributed by atoms with Gasteiger partial charge in [0.05, 0.1) is 47.3 Å². The standard InChI is InChI=1S/C28H32N4O5.C23H24N4O3/c1-17(2)35-24-13-10-18(16-22(24)29-6)26-30-25(31-37-26)21-9-7-8-20-19(21)11-12-23(20)32(14-15-33)27(34)36-28(3,4)5;1-14(2)29-21-10-7-15(13-20(21)24-3)23-26-22(27-30-23)18-6-4-5-17-16(18)8-9-19(17)25-11-12-28/h7-10,13,16-17,23,33H,11-12,14-15H2,1-5H3;4-7,10,13-14,19,25,28H,8-9,11-12H2,1-2H3/t23-;19-/m00/s1/i17D;14D. The predicted octanol–water partition coefficient (Wildman–Crippen LogP) is 10.3. The highest BCUT2D eigenvalue weighted by Gasteiger charge is 2.35. The van der Waals surface area contributed by atoms with E-state index in [-0.39, 0.29) is 49.1 Å². The Morgan fingerprint density at radius 3 is 1.82 bits per heavy atom. The lowest BCUT2D eigenvalue weighted by Gasteiger charge is -2.31. The van der Waals surface area contributed by atoms with Crippen LogP contribution in [-0.4, -0.2) is 85.6 Å². The maximum Gasteiger partial charge on any atom is 0.410 e. The van der Waals surface area contributed by atoms with E-state index in [1.165, 1.54) is 11.1 Å². The second-order valence-electron chi connectivity index (χ2n) is 17.4. The third kappa shape index (κ3) is 11.1. The van der Waals surface area contributed by atoms with Gasteiger partial charge < -0.3 is 38.8 Å². The number of aliphatic hydroxyl groups is 2. The maximum atomic E-state index is 12.9. The molecule has 8 rings (SSSR count). The Balaban J connectivity index is 0.000000208. The van der Waals surface area contributed by atoms with Crippen molar-refractivity contribution in [3.05, 3.63) is 118 Å². The molecular weight excluding hydrogens is 853 g/mol. The summed E-state index contributed by atoms with van der Waals surface area (Å²) in [7, 11) is 0. The number of nitrogens with one attached hydrogen (secondary N) is 1. The summed E-state index contributed by atoms with van der Waals surface area (Å²) in [6, 6.07) is 21.8. The summed E-state index contributed by atoms with van der Waals surface area (Å²) in [5.74, 6) is 2.15. The van der Waals surface area contributed by atoms with Crippen molar-refractivity contribution in [1.29, 1.82) is 0 Å². The van der Waals surface area contributed by atoms with Crippen LogP contribution >= 0.6 is 0 Å². The zero-order valence-corrected chi connectivity index (χ0v) is 38.7. The van der Waals surface area contributed by atoms with Gasteiger partial charge in [0, 0.05) is 41.4 Å². The Morgan fingerprint density at radius 2 is 1.33 bits per heavy atom. The van der Waals surface area contributed by atoms with E-state index >= 15 is 0 Å². The zero-order chi connectivity index (χ0) is 49.7. The number of carbonyl (C=O) groups is 1. The van der Waals surface area contributed by atoms with Crippen LogP contribution in [0.15, 0.2) is 81.8 Å². The van der Waals surface area contributed by atoms with Crippen LogP contribution in [-0.2, 0) is 17.6 Å². The Labute approximate surface area is 393 Å². The summed E-state index contributed by atoms with van der Waals surface area (Å²) in [6.45, 7) is 27.4. The molecule has 67 heavy (non-hydrogen) atoms. The quantitative estimate of drug-likeness (QED) is 0.0877. The third-order valence-electron chi connectivity index (χ3n) is 11.0. The molecule has 2 aliphatic carbocycles. The Hall–Kier alpha value is -7.11. The molecule has 0 fully saturated rings. The Kier molecular flexibility index (Phi) is 14.1. The SMILES string of the molecule is [2H]C(C)(C)Oc1ccc(-c2nc(-c3cccc4c3CC[C@@H]4N(CCO)C(=O)OC(C)(C)C)no2)cc1[N+]#[C-].[2H]C(C)(C)Oc1ccc(-c2nc(-c3cccc4c3CC[C@@H]4NCCO)no2)cc1[N+]#[C-]. The molecule has 4 aromatic carbocycles. The molecule has 0 saturated carbocycles. The number of rotatable bonds is 14. The van der Waals surface area contributed by atoms with Crippen LogP contribution in [0.4, 0.5) is 16.2 Å². The molecule has 6 aromatic rings. The maximum absolute atomic E-state index is 12.9. The number of benzene rings is 4. The van der Waals surface area contributed by atoms with Crippen LogP contribution in [0.1, 0.15) is 98.4 Å². The van der Waals surface area contributed by atoms with Crippen molar-refractivity contribution in [2.75, 3.05) is 26.3 Å². The zero-order valence-electron chi connectivity index (χ0n) is 40.7. The van der Waals surface area contributed by atoms with Crippen molar-refractivity contribution in [3.8, 4) is 57.2 Å². The molecule has 0 saturated heterocycles. The number of amides is 1. The van der Waals surface area contributed by atoms with Gasteiger partial charge in [-0.05, 0) is 133 Å². The van der Waals surface area contributed by atoms with Crippen molar-refractivity contribution in [2.45, 2.75) is 104 Å². The number of fused-ring (bicyclic) bond motifs is 2. The molecular formula is C51H56N8O8. The fraction of sp³-hybridized carbons (Fsp3) is 0.392. The first-order chi connectivity index (χ1) is 32.8. The Morgan fingerprint density at radius 1 is 0.806 bits per heavy atom. The van der Waals surface area contributed by atoms with E-state index in [2.05, 4.69) is 41.4 Å². The van der Waals surface area contributed by atoms with Gasteiger partial charge >= 0.3 is 6.09 Å². The highest BCUT2D eigenvalue weighted by Crippen LogP contribution is 2.42. The highest BCUT2D eigenvalue weighted by molar-refractivity contribution is 5.73. The van der Waals surface area contributed by atoms with Crippen molar-refractivity contribution >= 4 is 17.5 Å². The molecule has 0 bridgehead atoms.